The van der Waals surface area contributed by atoms with Gasteiger partial charge in [0.25, 0.3) is 0 Å². The third-order valence-corrected chi connectivity index (χ3v) is 4.66. The molecule has 3 nitrogen and oxygen atoms in total. The van der Waals surface area contributed by atoms with Crippen LogP contribution >= 0.6 is 0 Å². The summed E-state index contributed by atoms with van der Waals surface area (Å²) in [6, 6.07) is 4.39. The van der Waals surface area contributed by atoms with Gasteiger partial charge in [0.1, 0.15) is 5.82 Å². The highest BCUT2D eigenvalue weighted by Gasteiger charge is 2.27. The normalized spacial score (nSPS) is 22.0. The van der Waals surface area contributed by atoms with Gasteiger partial charge < -0.3 is 10.6 Å². The summed E-state index contributed by atoms with van der Waals surface area (Å²) in [5.74, 6) is 1.97. The molecule has 3 heteroatoms. The summed E-state index contributed by atoms with van der Waals surface area (Å²) in [5, 5.41) is 0. The summed E-state index contributed by atoms with van der Waals surface area (Å²) in [6.07, 6.45) is 6.66. The van der Waals surface area contributed by atoms with Gasteiger partial charge in [-0.15, -0.1) is 0 Å². The van der Waals surface area contributed by atoms with Crippen molar-refractivity contribution in [3.63, 3.8) is 0 Å². The van der Waals surface area contributed by atoms with E-state index in [0.29, 0.717) is 5.41 Å². The standard InChI is InChI=1S/C18H31N3/c1-14(19)13-15-7-5-10-20-17(15)21-11-6-8-16(9-12-21)18(2,3)4/h5,7,10,14,16H,6,8-9,11-13,19H2,1-4H3. The molecular formula is C18H31N3. The van der Waals surface area contributed by atoms with Gasteiger partial charge in [-0.3, -0.25) is 0 Å². The lowest BCUT2D eigenvalue weighted by Crippen LogP contribution is -2.29. The zero-order chi connectivity index (χ0) is 15.5. The van der Waals surface area contributed by atoms with Gasteiger partial charge in [0, 0.05) is 25.3 Å². The Balaban J connectivity index is 2.12. The molecule has 0 amide bonds. The van der Waals surface area contributed by atoms with Crippen molar-refractivity contribution in [2.24, 2.45) is 17.1 Å². The fourth-order valence-electron chi connectivity index (χ4n) is 3.40. The van der Waals surface area contributed by atoms with Gasteiger partial charge in [-0.25, -0.2) is 4.98 Å². The van der Waals surface area contributed by atoms with Crippen molar-refractivity contribution in [1.29, 1.82) is 0 Å². The van der Waals surface area contributed by atoms with Crippen molar-refractivity contribution in [3.05, 3.63) is 23.9 Å². The van der Waals surface area contributed by atoms with Crippen LogP contribution in [0.5, 0.6) is 0 Å². The minimum atomic E-state index is 0.183. The van der Waals surface area contributed by atoms with E-state index < -0.39 is 0 Å². The van der Waals surface area contributed by atoms with Crippen LogP contribution in [-0.4, -0.2) is 24.1 Å². The van der Waals surface area contributed by atoms with E-state index in [4.69, 9.17) is 5.73 Å². The van der Waals surface area contributed by atoms with Crippen molar-refractivity contribution in [2.45, 2.75) is 59.4 Å². The van der Waals surface area contributed by atoms with Gasteiger partial charge in [-0.2, -0.15) is 0 Å². The van der Waals surface area contributed by atoms with Crippen LogP contribution in [-0.2, 0) is 6.42 Å². The molecule has 1 fully saturated rings. The van der Waals surface area contributed by atoms with Crippen LogP contribution in [0.4, 0.5) is 5.82 Å². The predicted molar refractivity (Wildman–Crippen MR) is 90.6 cm³/mol. The van der Waals surface area contributed by atoms with E-state index in [-0.39, 0.29) is 6.04 Å². The first-order valence-electron chi connectivity index (χ1n) is 8.32. The number of anilines is 1. The van der Waals surface area contributed by atoms with Gasteiger partial charge >= 0.3 is 0 Å². The summed E-state index contributed by atoms with van der Waals surface area (Å²) in [7, 11) is 0. The summed E-state index contributed by atoms with van der Waals surface area (Å²) in [5.41, 5.74) is 7.69. The van der Waals surface area contributed by atoms with Crippen molar-refractivity contribution >= 4 is 5.82 Å². The Hall–Kier alpha value is -1.09. The molecule has 0 radical (unpaired) electrons. The number of rotatable bonds is 3. The topological polar surface area (TPSA) is 42.1 Å². The van der Waals surface area contributed by atoms with Crippen molar-refractivity contribution in [3.8, 4) is 0 Å². The first kappa shape index (κ1) is 16.3. The maximum atomic E-state index is 5.99. The highest BCUT2D eigenvalue weighted by atomic mass is 15.2. The van der Waals surface area contributed by atoms with Gasteiger partial charge in [-0.1, -0.05) is 26.8 Å². The largest absolute Gasteiger partial charge is 0.356 e. The first-order valence-corrected chi connectivity index (χ1v) is 8.32. The molecule has 118 valence electrons. The molecule has 2 atom stereocenters. The second-order valence-corrected chi connectivity index (χ2v) is 7.65. The Labute approximate surface area is 129 Å². The second kappa shape index (κ2) is 6.78. The number of nitrogens with two attached hydrogens (primary N) is 1. The van der Waals surface area contributed by atoms with E-state index in [9.17, 15) is 0 Å². The Morgan fingerprint density at radius 1 is 1.33 bits per heavy atom. The van der Waals surface area contributed by atoms with E-state index in [1.807, 2.05) is 12.3 Å². The van der Waals surface area contributed by atoms with Gasteiger partial charge in [-0.05, 0) is 55.6 Å². The molecule has 2 rings (SSSR count). The molecule has 1 aliphatic rings. The second-order valence-electron chi connectivity index (χ2n) is 7.65. The average molecular weight is 289 g/mol. The van der Waals surface area contributed by atoms with E-state index in [1.165, 1.54) is 24.8 Å². The highest BCUT2D eigenvalue weighted by molar-refractivity contribution is 5.47. The van der Waals surface area contributed by atoms with Gasteiger partial charge in [0.15, 0.2) is 0 Å². The predicted octanol–water partition coefficient (Wildman–Crippen LogP) is 3.62. The van der Waals surface area contributed by atoms with Crippen LogP contribution in [0.1, 0.15) is 52.5 Å². The molecule has 0 bridgehead atoms. The van der Waals surface area contributed by atoms with Gasteiger partial charge in [0.05, 0.1) is 0 Å². The third-order valence-electron chi connectivity index (χ3n) is 4.66. The van der Waals surface area contributed by atoms with Crippen LogP contribution in [0.25, 0.3) is 0 Å². The minimum absolute atomic E-state index is 0.183. The summed E-state index contributed by atoms with van der Waals surface area (Å²) < 4.78 is 0. The Morgan fingerprint density at radius 3 is 2.76 bits per heavy atom. The molecule has 0 aliphatic carbocycles. The summed E-state index contributed by atoms with van der Waals surface area (Å²) in [6.45, 7) is 11.4. The van der Waals surface area contributed by atoms with Crippen LogP contribution in [0, 0.1) is 11.3 Å². The molecule has 2 N–H and O–H groups in total. The highest BCUT2D eigenvalue weighted by Crippen LogP contribution is 2.35. The minimum Gasteiger partial charge on any atom is -0.356 e. The Bertz CT molecular complexity index is 448. The van der Waals surface area contributed by atoms with Crippen LogP contribution in [0.3, 0.4) is 0 Å². The van der Waals surface area contributed by atoms with Gasteiger partial charge in [0.2, 0.25) is 0 Å². The SMILES string of the molecule is CC(N)Cc1cccnc1N1CCCC(C(C)(C)C)CC1. The number of aromatic nitrogens is 1. The monoisotopic (exact) mass is 289 g/mol. The number of nitrogens with zero attached hydrogens (tertiary/aromatic N) is 2. The maximum absolute atomic E-state index is 5.99. The fraction of sp³-hybridized carbons (Fsp3) is 0.722. The zero-order valence-corrected chi connectivity index (χ0v) is 14.1. The smallest absolute Gasteiger partial charge is 0.131 e. The molecule has 2 unspecified atom stereocenters. The van der Waals surface area contributed by atoms with Crippen molar-refractivity contribution < 1.29 is 0 Å². The van der Waals surface area contributed by atoms with E-state index >= 15 is 0 Å². The van der Waals surface area contributed by atoms with E-state index in [2.05, 4.69) is 43.6 Å². The number of hydrogen-bond donors (Lipinski definition) is 1. The van der Waals surface area contributed by atoms with Crippen LogP contribution in [0.2, 0.25) is 0 Å². The molecular weight excluding hydrogens is 258 g/mol. The molecule has 0 aromatic carbocycles. The Kier molecular flexibility index (Phi) is 5.26. The van der Waals surface area contributed by atoms with E-state index in [1.54, 1.807) is 0 Å². The molecule has 1 saturated heterocycles. The zero-order valence-electron chi connectivity index (χ0n) is 14.1. The number of hydrogen-bond acceptors (Lipinski definition) is 3. The van der Waals surface area contributed by atoms with Crippen LogP contribution in [0.15, 0.2) is 18.3 Å². The molecule has 1 aromatic heterocycles. The lowest BCUT2D eigenvalue weighted by Gasteiger charge is -2.30. The first-order chi connectivity index (χ1) is 9.88. The third kappa shape index (κ3) is 4.44. The molecule has 1 aromatic rings. The van der Waals surface area contributed by atoms with E-state index in [0.717, 1.165) is 31.2 Å². The molecule has 2 heterocycles. The average Bonchev–Trinajstić information content (AvgIpc) is 2.64. The van der Waals surface area contributed by atoms with Crippen LogP contribution < -0.4 is 10.6 Å². The summed E-state index contributed by atoms with van der Waals surface area (Å²) in [4.78, 5) is 7.13. The molecule has 21 heavy (non-hydrogen) atoms. The lowest BCUT2D eigenvalue weighted by molar-refractivity contribution is 0.220. The molecule has 0 saturated carbocycles. The quantitative estimate of drug-likeness (QED) is 0.924. The summed E-state index contributed by atoms with van der Waals surface area (Å²) >= 11 is 0. The maximum Gasteiger partial charge on any atom is 0.131 e. The lowest BCUT2D eigenvalue weighted by atomic mass is 9.77. The molecule has 1 aliphatic heterocycles. The molecule has 0 spiro atoms. The van der Waals surface area contributed by atoms with Crippen molar-refractivity contribution in [2.75, 3.05) is 18.0 Å². The number of pyridine rings is 1. The Morgan fingerprint density at radius 2 is 2.10 bits per heavy atom. The fourth-order valence-corrected chi connectivity index (χ4v) is 3.40. The van der Waals surface area contributed by atoms with Crippen molar-refractivity contribution in [1.82, 2.24) is 4.98 Å².